The van der Waals surface area contributed by atoms with Crippen molar-refractivity contribution in [2.75, 3.05) is 13.7 Å². The van der Waals surface area contributed by atoms with Gasteiger partial charge in [0.25, 0.3) is 5.91 Å². The Kier molecular flexibility index (Phi) is 9.97. The number of amides is 2. The number of hydrogen-bond donors (Lipinski definition) is 3. The second-order valence-electron chi connectivity index (χ2n) is 7.13. The third-order valence-corrected chi connectivity index (χ3v) is 4.90. The van der Waals surface area contributed by atoms with Crippen LogP contribution in [0.25, 0.3) is 0 Å². The molecule has 2 aromatic rings. The number of unbranched alkanes of at least 4 members (excludes halogenated alkanes) is 3. The van der Waals surface area contributed by atoms with E-state index in [4.69, 9.17) is 9.94 Å². The maximum Gasteiger partial charge on any atom is 0.251 e. The van der Waals surface area contributed by atoms with E-state index in [0.717, 1.165) is 30.4 Å². The maximum absolute atomic E-state index is 13.1. The minimum absolute atomic E-state index is 0.122. The minimum Gasteiger partial charge on any atom is -0.376 e. The van der Waals surface area contributed by atoms with Crippen LogP contribution in [-0.2, 0) is 16.0 Å². The van der Waals surface area contributed by atoms with E-state index < -0.39 is 0 Å². The molecule has 6 nitrogen and oxygen atoms in total. The van der Waals surface area contributed by atoms with Gasteiger partial charge >= 0.3 is 0 Å². The standard InChI is InChI=1S/C23H29FN2O4/c1-30-21(18-11-13-20(24)14-12-18)16-17-7-9-19(10-8-17)23(28)25-15-5-3-2-4-6-22(27)26-29/h7-14,21,29H,2-6,15-16H2,1H3,(H,25,28)(H,26,27). The molecule has 0 heterocycles. The van der Waals surface area contributed by atoms with E-state index in [0.29, 0.717) is 31.4 Å². The van der Waals surface area contributed by atoms with E-state index in [1.807, 2.05) is 12.1 Å². The highest BCUT2D eigenvalue weighted by molar-refractivity contribution is 5.94. The number of benzene rings is 2. The fraction of sp³-hybridized carbons (Fsp3) is 0.391. The van der Waals surface area contributed by atoms with Gasteiger partial charge in [-0.2, -0.15) is 0 Å². The Morgan fingerprint density at radius 2 is 1.67 bits per heavy atom. The first-order chi connectivity index (χ1) is 14.5. The van der Waals surface area contributed by atoms with Crippen LogP contribution in [0.15, 0.2) is 48.5 Å². The van der Waals surface area contributed by atoms with Gasteiger partial charge < -0.3 is 10.1 Å². The van der Waals surface area contributed by atoms with Crippen LogP contribution >= 0.6 is 0 Å². The highest BCUT2D eigenvalue weighted by Gasteiger charge is 2.12. The van der Waals surface area contributed by atoms with E-state index in [1.165, 1.54) is 12.1 Å². The summed E-state index contributed by atoms with van der Waals surface area (Å²) >= 11 is 0. The third-order valence-electron chi connectivity index (χ3n) is 4.90. The van der Waals surface area contributed by atoms with E-state index >= 15 is 0 Å². The Labute approximate surface area is 176 Å². The van der Waals surface area contributed by atoms with Crippen molar-refractivity contribution < 1.29 is 23.9 Å². The van der Waals surface area contributed by atoms with Crippen LogP contribution in [0.4, 0.5) is 4.39 Å². The van der Waals surface area contributed by atoms with Gasteiger partial charge in [-0.05, 0) is 48.2 Å². The van der Waals surface area contributed by atoms with Crippen molar-refractivity contribution in [3.63, 3.8) is 0 Å². The molecule has 0 fully saturated rings. The molecule has 0 radical (unpaired) electrons. The molecule has 0 saturated carbocycles. The number of methoxy groups -OCH3 is 1. The van der Waals surface area contributed by atoms with Gasteiger partial charge in [-0.3, -0.25) is 14.8 Å². The summed E-state index contributed by atoms with van der Waals surface area (Å²) in [5, 5.41) is 11.3. The summed E-state index contributed by atoms with van der Waals surface area (Å²) < 4.78 is 18.6. The lowest BCUT2D eigenvalue weighted by Gasteiger charge is -2.16. The summed E-state index contributed by atoms with van der Waals surface area (Å²) in [6.45, 7) is 0.573. The normalized spacial score (nSPS) is 11.7. The van der Waals surface area contributed by atoms with Crippen molar-refractivity contribution in [1.29, 1.82) is 0 Å². The average Bonchev–Trinajstić information content (AvgIpc) is 2.77. The number of ether oxygens (including phenoxy) is 1. The minimum atomic E-state index is -0.374. The molecule has 3 N–H and O–H groups in total. The summed E-state index contributed by atoms with van der Waals surface area (Å²) in [6, 6.07) is 13.6. The van der Waals surface area contributed by atoms with Crippen LogP contribution < -0.4 is 10.8 Å². The van der Waals surface area contributed by atoms with Crippen molar-refractivity contribution in [1.82, 2.24) is 10.8 Å². The van der Waals surface area contributed by atoms with E-state index in [2.05, 4.69) is 5.32 Å². The Hall–Kier alpha value is -2.77. The Morgan fingerprint density at radius 3 is 2.30 bits per heavy atom. The van der Waals surface area contributed by atoms with Crippen LogP contribution in [-0.4, -0.2) is 30.7 Å². The summed E-state index contributed by atoms with van der Waals surface area (Å²) in [5.41, 5.74) is 4.13. The van der Waals surface area contributed by atoms with Crippen LogP contribution in [0.1, 0.15) is 59.7 Å². The number of nitrogens with one attached hydrogen (secondary N) is 2. The van der Waals surface area contributed by atoms with Crippen LogP contribution in [0.3, 0.4) is 0 Å². The number of carbonyl (C=O) groups is 2. The lowest BCUT2D eigenvalue weighted by molar-refractivity contribution is -0.129. The smallest absolute Gasteiger partial charge is 0.251 e. The monoisotopic (exact) mass is 416 g/mol. The molecule has 1 unspecified atom stereocenters. The Balaban J connectivity index is 1.74. The van der Waals surface area contributed by atoms with Crippen molar-refractivity contribution in [2.24, 2.45) is 0 Å². The van der Waals surface area contributed by atoms with Gasteiger partial charge in [-0.15, -0.1) is 0 Å². The van der Waals surface area contributed by atoms with E-state index in [1.54, 1.807) is 36.9 Å². The predicted molar refractivity (Wildman–Crippen MR) is 112 cm³/mol. The molecule has 0 aliphatic carbocycles. The molecule has 0 saturated heterocycles. The molecule has 0 aliphatic heterocycles. The molecule has 162 valence electrons. The zero-order chi connectivity index (χ0) is 21.8. The highest BCUT2D eigenvalue weighted by Crippen LogP contribution is 2.22. The van der Waals surface area contributed by atoms with Gasteiger partial charge in [0.2, 0.25) is 5.91 Å². The SMILES string of the molecule is COC(Cc1ccc(C(=O)NCCCCCCC(=O)NO)cc1)c1ccc(F)cc1. The summed E-state index contributed by atoms with van der Waals surface area (Å²) in [5.74, 6) is -0.776. The topological polar surface area (TPSA) is 87.7 Å². The van der Waals surface area contributed by atoms with E-state index in [-0.39, 0.29) is 23.7 Å². The lowest BCUT2D eigenvalue weighted by atomic mass is 10.00. The number of hydrogen-bond acceptors (Lipinski definition) is 4. The summed E-state index contributed by atoms with van der Waals surface area (Å²) in [4.78, 5) is 23.1. The first-order valence-electron chi connectivity index (χ1n) is 10.1. The summed E-state index contributed by atoms with van der Waals surface area (Å²) in [7, 11) is 1.62. The van der Waals surface area contributed by atoms with Crippen molar-refractivity contribution >= 4 is 11.8 Å². The quantitative estimate of drug-likeness (QED) is 0.278. The van der Waals surface area contributed by atoms with E-state index in [9.17, 15) is 14.0 Å². The van der Waals surface area contributed by atoms with Gasteiger partial charge in [-0.25, -0.2) is 9.87 Å². The summed E-state index contributed by atoms with van der Waals surface area (Å²) in [6.07, 6.45) is 4.05. The van der Waals surface area contributed by atoms with Crippen molar-refractivity contribution in [3.8, 4) is 0 Å². The Morgan fingerprint density at radius 1 is 1.00 bits per heavy atom. The van der Waals surface area contributed by atoms with Crippen LogP contribution in [0.2, 0.25) is 0 Å². The molecule has 0 aromatic heterocycles. The second kappa shape index (κ2) is 12.7. The molecule has 7 heteroatoms. The highest BCUT2D eigenvalue weighted by atomic mass is 19.1. The second-order valence-corrected chi connectivity index (χ2v) is 7.13. The van der Waals surface area contributed by atoms with Gasteiger partial charge in [0, 0.05) is 32.1 Å². The number of rotatable bonds is 12. The van der Waals surface area contributed by atoms with Crippen LogP contribution in [0, 0.1) is 5.82 Å². The predicted octanol–water partition coefficient (Wildman–Crippen LogP) is 3.94. The molecular weight excluding hydrogens is 387 g/mol. The largest absolute Gasteiger partial charge is 0.376 e. The number of hydroxylamine groups is 1. The number of halogens is 1. The first kappa shape index (κ1) is 23.5. The van der Waals surface area contributed by atoms with Gasteiger partial charge in [-0.1, -0.05) is 37.1 Å². The first-order valence-corrected chi connectivity index (χ1v) is 10.1. The zero-order valence-electron chi connectivity index (χ0n) is 17.2. The van der Waals surface area contributed by atoms with Crippen LogP contribution in [0.5, 0.6) is 0 Å². The maximum atomic E-state index is 13.1. The van der Waals surface area contributed by atoms with Crippen molar-refractivity contribution in [3.05, 3.63) is 71.0 Å². The molecule has 2 amide bonds. The third kappa shape index (κ3) is 7.93. The zero-order valence-corrected chi connectivity index (χ0v) is 17.2. The fourth-order valence-corrected chi connectivity index (χ4v) is 3.14. The molecule has 30 heavy (non-hydrogen) atoms. The molecular formula is C23H29FN2O4. The Bertz CT molecular complexity index is 794. The average molecular weight is 416 g/mol. The molecule has 0 spiro atoms. The number of carbonyl (C=O) groups excluding carboxylic acids is 2. The molecule has 2 rings (SSSR count). The van der Waals surface area contributed by atoms with Gasteiger partial charge in [0.1, 0.15) is 5.82 Å². The van der Waals surface area contributed by atoms with Gasteiger partial charge in [0.15, 0.2) is 0 Å². The van der Waals surface area contributed by atoms with Gasteiger partial charge in [0.05, 0.1) is 6.10 Å². The molecule has 1 atom stereocenters. The molecule has 0 aliphatic rings. The van der Waals surface area contributed by atoms with Crippen molar-refractivity contribution in [2.45, 2.75) is 44.6 Å². The molecule has 2 aromatic carbocycles. The fourth-order valence-electron chi connectivity index (χ4n) is 3.14. The lowest BCUT2D eigenvalue weighted by Crippen LogP contribution is -2.24. The molecule has 0 bridgehead atoms.